The number of hydrogen-bond acceptors (Lipinski definition) is 7. The van der Waals surface area contributed by atoms with E-state index in [1.54, 1.807) is 18.2 Å². The summed E-state index contributed by atoms with van der Waals surface area (Å²) in [5.41, 5.74) is 0.433. The number of amides is 3. The fraction of sp³-hybridized carbons (Fsp3) is 0.412. The van der Waals surface area contributed by atoms with Gasteiger partial charge >= 0.3 is 12.0 Å². The average Bonchev–Trinajstić information content (AvgIpc) is 2.89. The number of ether oxygens (including phenoxy) is 1. The molecule has 0 unspecified atom stereocenters. The summed E-state index contributed by atoms with van der Waals surface area (Å²) in [6.07, 6.45) is -0.153. The predicted octanol–water partition coefficient (Wildman–Crippen LogP) is 0.140. The monoisotopic (exact) mass is 410 g/mol. The molecule has 0 saturated carbocycles. The number of urea groups is 1. The van der Waals surface area contributed by atoms with Gasteiger partial charge in [0.15, 0.2) is 6.61 Å². The Kier molecular flexibility index (Phi) is 7.10. The van der Waals surface area contributed by atoms with Crippen LogP contribution in [-0.4, -0.2) is 51.9 Å². The first-order valence-electron chi connectivity index (χ1n) is 8.59. The Balaban J connectivity index is 1.76. The van der Waals surface area contributed by atoms with E-state index in [-0.39, 0.29) is 29.6 Å². The smallest absolute Gasteiger partial charge is 0.321 e. The van der Waals surface area contributed by atoms with Crippen molar-refractivity contribution >= 4 is 33.8 Å². The normalized spacial score (nSPS) is 15.6. The summed E-state index contributed by atoms with van der Waals surface area (Å²) in [7, 11) is -3.64. The lowest BCUT2D eigenvalue weighted by Gasteiger charge is -2.08. The number of carbonyl (C=O) groups is 3. The number of nitrogens with one attached hydrogen (secondary N) is 3. The van der Waals surface area contributed by atoms with E-state index in [1.165, 1.54) is 6.07 Å². The van der Waals surface area contributed by atoms with Gasteiger partial charge in [0, 0.05) is 12.1 Å². The molecule has 0 bridgehead atoms. The van der Waals surface area contributed by atoms with E-state index >= 15 is 0 Å². The maximum absolute atomic E-state index is 11.9. The van der Waals surface area contributed by atoms with Gasteiger partial charge in [-0.1, -0.05) is 26.0 Å². The van der Waals surface area contributed by atoms with Crippen molar-refractivity contribution in [2.45, 2.75) is 25.2 Å². The summed E-state index contributed by atoms with van der Waals surface area (Å²) < 4.78 is 31.0. The number of nitrogens with zero attached hydrogens (tertiary/aromatic N) is 1. The molecule has 0 aromatic heterocycles. The summed E-state index contributed by atoms with van der Waals surface area (Å²) in [5.74, 6) is -1.06. The maximum Gasteiger partial charge on any atom is 0.321 e. The molecule has 28 heavy (non-hydrogen) atoms. The van der Waals surface area contributed by atoms with Crippen LogP contribution in [0, 0.1) is 5.92 Å². The largest absolute Gasteiger partial charge is 0.456 e. The number of rotatable bonds is 7. The standard InChI is InChI=1S/C17H22N4O6S/c1-11(2)9-19-17(24)20-14(22)10-27-15(23)7-8-18-16-12-5-3-4-6-13(12)28(25,26)21-16/h3-6,11H,7-10H2,1-2H3,(H,18,21)(H2,19,20,22,24). The molecule has 1 aromatic carbocycles. The SMILES string of the molecule is CC(C)CNC(=O)NC(=O)COC(=O)CCN=C1NS(=O)(=O)c2ccccc21. The van der Waals surface area contributed by atoms with Crippen LogP contribution < -0.4 is 15.4 Å². The number of hydrogen-bond donors (Lipinski definition) is 3. The number of fused-ring (bicyclic) bond motifs is 1. The second-order valence-electron chi connectivity index (χ2n) is 6.39. The van der Waals surface area contributed by atoms with Crippen LogP contribution in [0.3, 0.4) is 0 Å². The number of carbonyl (C=O) groups excluding carboxylic acids is 3. The molecular formula is C17H22N4O6S. The van der Waals surface area contributed by atoms with Crippen molar-refractivity contribution in [3.05, 3.63) is 29.8 Å². The Labute approximate surface area is 162 Å². The number of esters is 1. The van der Waals surface area contributed by atoms with Crippen LogP contribution in [0.15, 0.2) is 34.2 Å². The van der Waals surface area contributed by atoms with Gasteiger partial charge in [0.1, 0.15) is 5.84 Å². The molecule has 0 saturated heterocycles. The van der Waals surface area contributed by atoms with Crippen LogP contribution >= 0.6 is 0 Å². The topological polar surface area (TPSA) is 143 Å². The average molecular weight is 410 g/mol. The lowest BCUT2D eigenvalue weighted by Crippen LogP contribution is -2.42. The molecule has 11 heteroatoms. The van der Waals surface area contributed by atoms with Gasteiger partial charge in [0.2, 0.25) is 0 Å². The zero-order valence-corrected chi connectivity index (χ0v) is 16.3. The van der Waals surface area contributed by atoms with E-state index in [4.69, 9.17) is 4.74 Å². The fourth-order valence-electron chi connectivity index (χ4n) is 2.23. The van der Waals surface area contributed by atoms with Gasteiger partial charge < -0.3 is 10.1 Å². The van der Waals surface area contributed by atoms with Crippen LogP contribution in [0.1, 0.15) is 25.8 Å². The summed E-state index contributed by atoms with van der Waals surface area (Å²) in [6, 6.07) is 5.70. The molecule has 152 valence electrons. The molecular weight excluding hydrogens is 388 g/mol. The number of amidine groups is 1. The van der Waals surface area contributed by atoms with Crippen molar-refractivity contribution in [3.8, 4) is 0 Å². The van der Waals surface area contributed by atoms with Crippen molar-refractivity contribution < 1.29 is 27.5 Å². The fourth-order valence-corrected chi connectivity index (χ4v) is 3.48. The maximum atomic E-state index is 11.9. The molecule has 1 aliphatic rings. The third-order valence-corrected chi connectivity index (χ3v) is 4.93. The highest BCUT2D eigenvalue weighted by Gasteiger charge is 2.29. The Morgan fingerprint density at radius 3 is 2.64 bits per heavy atom. The number of imide groups is 1. The highest BCUT2D eigenvalue weighted by atomic mass is 32.2. The van der Waals surface area contributed by atoms with Gasteiger partial charge in [-0.05, 0) is 18.1 Å². The van der Waals surface area contributed by atoms with E-state index in [1.807, 2.05) is 19.2 Å². The molecule has 1 heterocycles. The zero-order valence-electron chi connectivity index (χ0n) is 15.5. The Bertz CT molecular complexity index is 895. The third kappa shape index (κ3) is 6.05. The van der Waals surface area contributed by atoms with Crippen molar-refractivity contribution in [2.24, 2.45) is 10.9 Å². The first kappa shape index (κ1) is 21.4. The third-order valence-electron chi connectivity index (χ3n) is 3.54. The molecule has 1 aromatic rings. The highest BCUT2D eigenvalue weighted by molar-refractivity contribution is 7.90. The van der Waals surface area contributed by atoms with Crippen LogP contribution in [0.2, 0.25) is 0 Å². The molecule has 0 atom stereocenters. The van der Waals surface area contributed by atoms with Gasteiger partial charge in [0.25, 0.3) is 15.9 Å². The Hall–Kier alpha value is -2.95. The molecule has 0 radical (unpaired) electrons. The first-order chi connectivity index (χ1) is 13.2. The molecule has 3 amide bonds. The van der Waals surface area contributed by atoms with Gasteiger partial charge in [-0.3, -0.25) is 24.6 Å². The molecule has 0 spiro atoms. The van der Waals surface area contributed by atoms with E-state index in [2.05, 4.69) is 15.0 Å². The summed E-state index contributed by atoms with van der Waals surface area (Å²) in [5, 5.41) is 4.54. The summed E-state index contributed by atoms with van der Waals surface area (Å²) in [6.45, 7) is 3.60. The van der Waals surface area contributed by atoms with Crippen LogP contribution in [0.25, 0.3) is 0 Å². The van der Waals surface area contributed by atoms with Crippen LogP contribution in [-0.2, 0) is 24.3 Å². The van der Waals surface area contributed by atoms with Crippen molar-refractivity contribution in [2.75, 3.05) is 19.7 Å². The predicted molar refractivity (Wildman–Crippen MR) is 100 cm³/mol. The number of benzene rings is 1. The highest BCUT2D eigenvalue weighted by Crippen LogP contribution is 2.22. The van der Waals surface area contributed by atoms with E-state index < -0.39 is 34.5 Å². The van der Waals surface area contributed by atoms with Crippen LogP contribution in [0.4, 0.5) is 4.79 Å². The summed E-state index contributed by atoms with van der Waals surface area (Å²) in [4.78, 5) is 38.8. The minimum absolute atomic E-state index is 0.0263. The molecule has 10 nitrogen and oxygen atoms in total. The summed E-state index contributed by atoms with van der Waals surface area (Å²) >= 11 is 0. The van der Waals surface area contributed by atoms with Gasteiger partial charge in [-0.15, -0.1) is 0 Å². The Morgan fingerprint density at radius 2 is 1.93 bits per heavy atom. The van der Waals surface area contributed by atoms with Crippen LogP contribution in [0.5, 0.6) is 0 Å². The second-order valence-corrected chi connectivity index (χ2v) is 8.05. The second kappa shape index (κ2) is 9.31. The molecule has 3 N–H and O–H groups in total. The van der Waals surface area contributed by atoms with Crippen molar-refractivity contribution in [1.82, 2.24) is 15.4 Å². The van der Waals surface area contributed by atoms with Gasteiger partial charge in [-0.2, -0.15) is 0 Å². The molecule has 0 aliphatic carbocycles. The molecule has 2 rings (SSSR count). The van der Waals surface area contributed by atoms with Gasteiger partial charge in [-0.25, -0.2) is 13.2 Å². The number of aliphatic imine (C=N–C) groups is 1. The van der Waals surface area contributed by atoms with E-state index in [0.717, 1.165) is 0 Å². The van der Waals surface area contributed by atoms with Gasteiger partial charge in [0.05, 0.1) is 17.9 Å². The minimum atomic E-state index is -3.64. The first-order valence-corrected chi connectivity index (χ1v) is 10.1. The van der Waals surface area contributed by atoms with Crippen molar-refractivity contribution in [3.63, 3.8) is 0 Å². The lowest BCUT2D eigenvalue weighted by molar-refractivity contribution is -0.148. The quantitative estimate of drug-likeness (QED) is 0.546. The van der Waals surface area contributed by atoms with E-state index in [0.29, 0.717) is 12.1 Å². The Morgan fingerprint density at radius 1 is 1.21 bits per heavy atom. The zero-order chi connectivity index (χ0) is 20.7. The lowest BCUT2D eigenvalue weighted by atomic mass is 10.2. The molecule has 0 fully saturated rings. The molecule has 1 aliphatic heterocycles. The minimum Gasteiger partial charge on any atom is -0.456 e. The van der Waals surface area contributed by atoms with E-state index in [9.17, 15) is 22.8 Å². The number of sulfonamides is 1. The van der Waals surface area contributed by atoms with Crippen molar-refractivity contribution in [1.29, 1.82) is 0 Å².